The van der Waals surface area contributed by atoms with Gasteiger partial charge in [-0.05, 0) is 18.2 Å². The van der Waals surface area contributed by atoms with Crippen molar-refractivity contribution >= 4 is 5.95 Å². The second-order valence-corrected chi connectivity index (χ2v) is 4.74. The Morgan fingerprint density at radius 3 is 2.41 bits per heavy atom. The Hall–Kier alpha value is -2.86. The van der Waals surface area contributed by atoms with Crippen LogP contribution in [0.1, 0.15) is 5.56 Å². The summed E-state index contributed by atoms with van der Waals surface area (Å²) in [5, 5.41) is 7.94. The lowest BCUT2D eigenvalue weighted by Crippen LogP contribution is -2.04. The number of benzene rings is 2. The van der Waals surface area contributed by atoms with Crippen molar-refractivity contribution < 1.29 is 4.39 Å². The summed E-state index contributed by atoms with van der Waals surface area (Å²) >= 11 is 0. The SMILES string of the molecule is NCc1cc(-c2nnc(N)nc2-c2ccccc2)ccc1F. The third-order valence-corrected chi connectivity index (χ3v) is 3.29. The smallest absolute Gasteiger partial charge is 0.240 e. The van der Waals surface area contributed by atoms with Crippen LogP contribution in [0.15, 0.2) is 48.5 Å². The molecule has 0 spiro atoms. The highest BCUT2D eigenvalue weighted by molar-refractivity contribution is 5.78. The Bertz CT molecular complexity index is 805. The second kappa shape index (κ2) is 5.87. The Morgan fingerprint density at radius 1 is 0.909 bits per heavy atom. The number of nitrogens with zero attached hydrogens (tertiary/aromatic N) is 3. The van der Waals surface area contributed by atoms with Crippen molar-refractivity contribution in [1.29, 1.82) is 0 Å². The number of aromatic nitrogens is 3. The van der Waals surface area contributed by atoms with Gasteiger partial charge in [-0.15, -0.1) is 10.2 Å². The number of hydrogen-bond donors (Lipinski definition) is 2. The van der Waals surface area contributed by atoms with Crippen LogP contribution in [0, 0.1) is 5.82 Å². The quantitative estimate of drug-likeness (QED) is 0.774. The first kappa shape index (κ1) is 14.1. The number of anilines is 1. The first-order valence-corrected chi connectivity index (χ1v) is 6.73. The first-order chi connectivity index (χ1) is 10.7. The number of nitrogens with two attached hydrogens (primary N) is 2. The fourth-order valence-electron chi connectivity index (χ4n) is 2.21. The lowest BCUT2D eigenvalue weighted by molar-refractivity contribution is 0.611. The van der Waals surface area contributed by atoms with Crippen LogP contribution >= 0.6 is 0 Å². The predicted octanol–water partition coefficient (Wildman–Crippen LogP) is 2.39. The van der Waals surface area contributed by atoms with E-state index in [0.717, 1.165) is 5.56 Å². The van der Waals surface area contributed by atoms with Gasteiger partial charge in [-0.2, -0.15) is 0 Å². The minimum absolute atomic E-state index is 0.0868. The molecule has 2 aromatic carbocycles. The maximum absolute atomic E-state index is 13.6. The minimum Gasteiger partial charge on any atom is -0.366 e. The van der Waals surface area contributed by atoms with Crippen LogP contribution in [0.25, 0.3) is 22.5 Å². The highest BCUT2D eigenvalue weighted by Crippen LogP contribution is 2.29. The third-order valence-electron chi connectivity index (χ3n) is 3.29. The van der Waals surface area contributed by atoms with Crippen LogP contribution in [0.2, 0.25) is 0 Å². The topological polar surface area (TPSA) is 90.7 Å². The molecule has 0 unspecified atom stereocenters. The molecule has 0 bridgehead atoms. The molecule has 0 fully saturated rings. The van der Waals surface area contributed by atoms with E-state index in [1.165, 1.54) is 6.07 Å². The van der Waals surface area contributed by atoms with Crippen molar-refractivity contribution in [3.05, 3.63) is 59.9 Å². The second-order valence-electron chi connectivity index (χ2n) is 4.74. The molecule has 1 heterocycles. The van der Waals surface area contributed by atoms with E-state index in [0.29, 0.717) is 22.5 Å². The standard InChI is InChI=1S/C16H14FN5/c17-13-7-6-11(8-12(13)9-18)15-14(20-16(19)22-21-15)10-4-2-1-3-5-10/h1-8H,9,18H2,(H2,19,20,22). The monoisotopic (exact) mass is 295 g/mol. The Morgan fingerprint density at radius 2 is 1.68 bits per heavy atom. The first-order valence-electron chi connectivity index (χ1n) is 6.73. The highest BCUT2D eigenvalue weighted by atomic mass is 19.1. The fourth-order valence-corrected chi connectivity index (χ4v) is 2.21. The third kappa shape index (κ3) is 2.64. The van der Waals surface area contributed by atoms with Gasteiger partial charge < -0.3 is 11.5 Å². The van der Waals surface area contributed by atoms with E-state index in [4.69, 9.17) is 11.5 Å². The molecule has 22 heavy (non-hydrogen) atoms. The summed E-state index contributed by atoms with van der Waals surface area (Å²) in [6, 6.07) is 14.2. The Balaban J connectivity index is 2.19. The summed E-state index contributed by atoms with van der Waals surface area (Å²) < 4.78 is 13.6. The molecule has 0 radical (unpaired) electrons. The van der Waals surface area contributed by atoms with Crippen molar-refractivity contribution in [2.24, 2.45) is 5.73 Å². The van der Waals surface area contributed by atoms with E-state index in [1.807, 2.05) is 30.3 Å². The molecule has 0 aliphatic rings. The van der Waals surface area contributed by atoms with Crippen LogP contribution in [0.4, 0.5) is 10.3 Å². The molecule has 3 aromatic rings. The average Bonchev–Trinajstić information content (AvgIpc) is 2.56. The van der Waals surface area contributed by atoms with Crippen LogP contribution in [-0.4, -0.2) is 15.2 Å². The molecular weight excluding hydrogens is 281 g/mol. The fraction of sp³-hybridized carbons (Fsp3) is 0.0625. The van der Waals surface area contributed by atoms with Gasteiger partial charge in [0.2, 0.25) is 5.95 Å². The molecule has 1 aromatic heterocycles. The van der Waals surface area contributed by atoms with Gasteiger partial charge in [0.05, 0.1) is 0 Å². The summed E-state index contributed by atoms with van der Waals surface area (Å²) in [6.45, 7) is 0.107. The van der Waals surface area contributed by atoms with Crippen molar-refractivity contribution in [1.82, 2.24) is 15.2 Å². The molecule has 4 N–H and O–H groups in total. The van der Waals surface area contributed by atoms with E-state index in [2.05, 4.69) is 15.2 Å². The van der Waals surface area contributed by atoms with Gasteiger partial charge in [-0.25, -0.2) is 9.37 Å². The van der Waals surface area contributed by atoms with Gasteiger partial charge in [-0.3, -0.25) is 0 Å². The zero-order chi connectivity index (χ0) is 15.5. The predicted molar refractivity (Wildman–Crippen MR) is 83.0 cm³/mol. The van der Waals surface area contributed by atoms with Gasteiger partial charge in [-0.1, -0.05) is 30.3 Å². The minimum atomic E-state index is -0.344. The Kier molecular flexibility index (Phi) is 3.76. The van der Waals surface area contributed by atoms with E-state index in [1.54, 1.807) is 12.1 Å². The molecule has 3 rings (SSSR count). The maximum Gasteiger partial charge on any atom is 0.240 e. The summed E-state index contributed by atoms with van der Waals surface area (Å²) in [4.78, 5) is 4.28. The molecular formula is C16H14FN5. The maximum atomic E-state index is 13.6. The summed E-state index contributed by atoms with van der Waals surface area (Å²) in [5.74, 6) is -0.257. The zero-order valence-electron chi connectivity index (χ0n) is 11.7. The number of hydrogen-bond acceptors (Lipinski definition) is 5. The molecule has 0 aliphatic carbocycles. The largest absolute Gasteiger partial charge is 0.366 e. The van der Waals surface area contributed by atoms with Crippen molar-refractivity contribution in [3.8, 4) is 22.5 Å². The summed E-state index contributed by atoms with van der Waals surface area (Å²) in [5.41, 5.74) is 14.3. The molecule has 0 amide bonds. The Labute approximate surface area is 126 Å². The molecule has 110 valence electrons. The van der Waals surface area contributed by atoms with Crippen molar-refractivity contribution in [3.63, 3.8) is 0 Å². The molecule has 0 saturated carbocycles. The highest BCUT2D eigenvalue weighted by Gasteiger charge is 2.14. The van der Waals surface area contributed by atoms with E-state index in [-0.39, 0.29) is 18.3 Å². The number of halogens is 1. The van der Waals surface area contributed by atoms with Gasteiger partial charge in [0.25, 0.3) is 0 Å². The van der Waals surface area contributed by atoms with Gasteiger partial charge in [0.1, 0.15) is 17.2 Å². The van der Waals surface area contributed by atoms with Crippen LogP contribution in [0.5, 0.6) is 0 Å². The van der Waals surface area contributed by atoms with Gasteiger partial charge >= 0.3 is 0 Å². The lowest BCUT2D eigenvalue weighted by Gasteiger charge is -2.09. The zero-order valence-corrected chi connectivity index (χ0v) is 11.7. The molecule has 5 nitrogen and oxygen atoms in total. The average molecular weight is 295 g/mol. The lowest BCUT2D eigenvalue weighted by atomic mass is 10.0. The summed E-state index contributed by atoms with van der Waals surface area (Å²) in [7, 11) is 0. The number of nitrogen functional groups attached to an aromatic ring is 1. The number of rotatable bonds is 3. The summed E-state index contributed by atoms with van der Waals surface area (Å²) in [6.07, 6.45) is 0. The van der Waals surface area contributed by atoms with E-state index < -0.39 is 0 Å². The van der Waals surface area contributed by atoms with Gasteiger partial charge in [0, 0.05) is 23.2 Å². The van der Waals surface area contributed by atoms with Crippen LogP contribution in [0.3, 0.4) is 0 Å². The molecule has 0 saturated heterocycles. The van der Waals surface area contributed by atoms with E-state index >= 15 is 0 Å². The van der Waals surface area contributed by atoms with Crippen LogP contribution < -0.4 is 11.5 Å². The van der Waals surface area contributed by atoms with Gasteiger partial charge in [0.15, 0.2) is 0 Å². The molecule has 6 heteroatoms. The van der Waals surface area contributed by atoms with Crippen LogP contribution in [-0.2, 0) is 6.54 Å². The molecule has 0 aliphatic heterocycles. The molecule has 0 atom stereocenters. The van der Waals surface area contributed by atoms with E-state index in [9.17, 15) is 4.39 Å². The van der Waals surface area contributed by atoms with Crippen molar-refractivity contribution in [2.75, 3.05) is 5.73 Å². The normalized spacial score (nSPS) is 10.6. The van der Waals surface area contributed by atoms with Crippen molar-refractivity contribution in [2.45, 2.75) is 6.54 Å².